The van der Waals surface area contributed by atoms with Crippen molar-refractivity contribution in [1.29, 1.82) is 0 Å². The highest BCUT2D eigenvalue weighted by atomic mass is 32.1. The number of nitrogens with one attached hydrogen (secondary N) is 1. The molecule has 2 aromatic carbocycles. The molecule has 0 atom stereocenters. The number of hydrogen-bond donors (Lipinski definition) is 1. The number of thiazole rings is 1. The molecule has 0 bridgehead atoms. The molecule has 1 N–H and O–H groups in total. The van der Waals surface area contributed by atoms with Gasteiger partial charge in [0, 0.05) is 10.9 Å². The number of esters is 1. The van der Waals surface area contributed by atoms with Crippen LogP contribution in [0.1, 0.15) is 18.9 Å². The molecule has 28 heavy (non-hydrogen) atoms. The summed E-state index contributed by atoms with van der Waals surface area (Å²) in [4.78, 5) is 15.8. The van der Waals surface area contributed by atoms with E-state index in [9.17, 15) is 4.79 Å². The van der Waals surface area contributed by atoms with Crippen molar-refractivity contribution in [3.05, 3.63) is 65.5 Å². The van der Waals surface area contributed by atoms with Crippen molar-refractivity contribution in [2.75, 3.05) is 18.6 Å². The second-order valence-corrected chi connectivity index (χ2v) is 6.60. The summed E-state index contributed by atoms with van der Waals surface area (Å²) in [5.41, 5.74) is 5.87. The SMILES string of the molecule is CCOC(=O)CCOc1ccc(C=NNc2nc(-c3ccccc3)cs2)cc1. The van der Waals surface area contributed by atoms with Gasteiger partial charge in [0.05, 0.1) is 31.5 Å². The van der Waals surface area contributed by atoms with Crippen LogP contribution >= 0.6 is 11.3 Å². The Hall–Kier alpha value is -3.19. The molecular weight excluding hydrogens is 374 g/mol. The summed E-state index contributed by atoms with van der Waals surface area (Å²) in [6.07, 6.45) is 1.95. The van der Waals surface area contributed by atoms with E-state index in [1.54, 1.807) is 13.1 Å². The molecule has 6 nitrogen and oxygen atoms in total. The number of hydrazone groups is 1. The highest BCUT2D eigenvalue weighted by Gasteiger charge is 2.03. The van der Waals surface area contributed by atoms with Gasteiger partial charge >= 0.3 is 5.97 Å². The zero-order valence-electron chi connectivity index (χ0n) is 15.5. The molecule has 0 fully saturated rings. The maximum atomic E-state index is 11.3. The van der Waals surface area contributed by atoms with Gasteiger partial charge in [-0.2, -0.15) is 5.10 Å². The number of hydrogen-bond acceptors (Lipinski definition) is 7. The number of carbonyl (C=O) groups is 1. The van der Waals surface area contributed by atoms with E-state index in [-0.39, 0.29) is 12.4 Å². The molecule has 0 aliphatic heterocycles. The second kappa shape index (κ2) is 10.2. The zero-order chi connectivity index (χ0) is 19.6. The molecule has 0 saturated carbocycles. The van der Waals surface area contributed by atoms with Crippen molar-refractivity contribution in [1.82, 2.24) is 4.98 Å². The van der Waals surface area contributed by atoms with E-state index < -0.39 is 0 Å². The Morgan fingerprint density at radius 2 is 1.96 bits per heavy atom. The van der Waals surface area contributed by atoms with Gasteiger partial charge in [-0.05, 0) is 36.8 Å². The monoisotopic (exact) mass is 395 g/mol. The fourth-order valence-electron chi connectivity index (χ4n) is 2.36. The Morgan fingerprint density at radius 1 is 1.18 bits per heavy atom. The fraction of sp³-hybridized carbons (Fsp3) is 0.190. The number of rotatable bonds is 9. The Labute approximate surface area is 167 Å². The van der Waals surface area contributed by atoms with Gasteiger partial charge in [-0.3, -0.25) is 10.2 Å². The van der Waals surface area contributed by atoms with E-state index in [0.717, 1.165) is 22.0 Å². The van der Waals surface area contributed by atoms with Crippen LogP contribution in [0.2, 0.25) is 0 Å². The van der Waals surface area contributed by atoms with Crippen molar-refractivity contribution in [2.24, 2.45) is 5.10 Å². The minimum absolute atomic E-state index is 0.236. The van der Waals surface area contributed by atoms with Crippen LogP contribution in [0.3, 0.4) is 0 Å². The lowest BCUT2D eigenvalue weighted by Crippen LogP contribution is -2.09. The van der Waals surface area contributed by atoms with Gasteiger partial charge in [0.1, 0.15) is 5.75 Å². The summed E-state index contributed by atoms with van der Waals surface area (Å²) in [5, 5.41) is 6.95. The van der Waals surface area contributed by atoms with E-state index in [1.807, 2.05) is 60.0 Å². The van der Waals surface area contributed by atoms with E-state index in [1.165, 1.54) is 11.3 Å². The van der Waals surface area contributed by atoms with Gasteiger partial charge in [0.2, 0.25) is 5.13 Å². The van der Waals surface area contributed by atoms with Crippen molar-refractivity contribution in [3.8, 4) is 17.0 Å². The average molecular weight is 395 g/mol. The average Bonchev–Trinajstić information content (AvgIpc) is 3.19. The molecule has 0 amide bonds. The van der Waals surface area contributed by atoms with Crippen molar-refractivity contribution >= 4 is 28.7 Å². The topological polar surface area (TPSA) is 72.8 Å². The molecule has 0 radical (unpaired) electrons. The van der Waals surface area contributed by atoms with E-state index in [4.69, 9.17) is 9.47 Å². The highest BCUT2D eigenvalue weighted by Crippen LogP contribution is 2.24. The zero-order valence-corrected chi connectivity index (χ0v) is 16.3. The van der Waals surface area contributed by atoms with Crippen LogP contribution in [-0.4, -0.2) is 30.4 Å². The Kier molecular flexibility index (Phi) is 7.14. The van der Waals surface area contributed by atoms with Crippen LogP contribution in [0.15, 0.2) is 65.1 Å². The van der Waals surface area contributed by atoms with Crippen LogP contribution < -0.4 is 10.2 Å². The van der Waals surface area contributed by atoms with Crippen LogP contribution in [-0.2, 0) is 9.53 Å². The van der Waals surface area contributed by atoms with E-state index in [0.29, 0.717) is 19.0 Å². The number of ether oxygens (including phenoxy) is 2. The molecule has 0 unspecified atom stereocenters. The first-order valence-electron chi connectivity index (χ1n) is 8.93. The second-order valence-electron chi connectivity index (χ2n) is 5.75. The summed E-state index contributed by atoms with van der Waals surface area (Å²) in [6.45, 7) is 2.46. The molecule has 0 aliphatic rings. The molecule has 1 heterocycles. The highest BCUT2D eigenvalue weighted by molar-refractivity contribution is 7.14. The number of aromatic nitrogens is 1. The van der Waals surface area contributed by atoms with Crippen molar-refractivity contribution < 1.29 is 14.3 Å². The maximum Gasteiger partial charge on any atom is 0.309 e. The lowest BCUT2D eigenvalue weighted by atomic mass is 10.2. The quantitative estimate of drug-likeness (QED) is 0.326. The minimum atomic E-state index is -0.255. The maximum absolute atomic E-state index is 11.3. The van der Waals surface area contributed by atoms with Crippen molar-refractivity contribution in [2.45, 2.75) is 13.3 Å². The van der Waals surface area contributed by atoms with Crippen LogP contribution in [0, 0.1) is 0 Å². The summed E-state index contributed by atoms with van der Waals surface area (Å²) in [6, 6.07) is 17.5. The third-order valence-corrected chi connectivity index (χ3v) is 4.45. The molecular formula is C21H21N3O3S. The van der Waals surface area contributed by atoms with E-state index >= 15 is 0 Å². The van der Waals surface area contributed by atoms with Gasteiger partial charge in [-0.15, -0.1) is 11.3 Å². The fourth-order valence-corrected chi connectivity index (χ4v) is 3.03. The first-order valence-corrected chi connectivity index (χ1v) is 9.81. The third kappa shape index (κ3) is 5.92. The lowest BCUT2D eigenvalue weighted by molar-refractivity contribution is -0.143. The van der Waals surface area contributed by atoms with Gasteiger partial charge in [-0.25, -0.2) is 4.98 Å². The van der Waals surface area contributed by atoms with Gasteiger partial charge < -0.3 is 9.47 Å². The molecule has 0 spiro atoms. The lowest BCUT2D eigenvalue weighted by Gasteiger charge is -2.06. The largest absolute Gasteiger partial charge is 0.493 e. The summed E-state index contributed by atoms with van der Waals surface area (Å²) in [5.74, 6) is 0.441. The molecule has 144 valence electrons. The first-order chi connectivity index (χ1) is 13.7. The van der Waals surface area contributed by atoms with Crippen molar-refractivity contribution in [3.63, 3.8) is 0 Å². The molecule has 0 saturated heterocycles. The van der Waals surface area contributed by atoms with Gasteiger partial charge in [0.25, 0.3) is 0 Å². The normalized spacial score (nSPS) is 10.8. The summed E-state index contributed by atoms with van der Waals surface area (Å²) in [7, 11) is 0. The Bertz CT molecular complexity index is 908. The predicted molar refractivity (Wildman–Crippen MR) is 112 cm³/mol. The number of nitrogens with zero attached hydrogens (tertiary/aromatic N) is 2. The van der Waals surface area contributed by atoms with Crippen LogP contribution in [0.25, 0.3) is 11.3 Å². The molecule has 3 rings (SSSR count). The standard InChI is InChI=1S/C21H21N3O3S/c1-2-26-20(25)12-13-27-18-10-8-16(9-11-18)14-22-24-21-23-19(15-28-21)17-6-4-3-5-7-17/h3-11,14-15H,2,12-13H2,1H3,(H,23,24). The summed E-state index contributed by atoms with van der Waals surface area (Å²) < 4.78 is 10.4. The number of carbonyl (C=O) groups excluding carboxylic acids is 1. The smallest absolute Gasteiger partial charge is 0.309 e. The number of anilines is 1. The molecule has 3 aromatic rings. The predicted octanol–water partition coefficient (Wildman–Crippen LogP) is 4.59. The Morgan fingerprint density at radius 3 is 2.71 bits per heavy atom. The van der Waals surface area contributed by atoms with Crippen LogP contribution in [0.5, 0.6) is 5.75 Å². The Balaban J connectivity index is 1.47. The molecule has 7 heteroatoms. The first kappa shape index (κ1) is 19.6. The van der Waals surface area contributed by atoms with Gasteiger partial charge in [0.15, 0.2) is 0 Å². The van der Waals surface area contributed by atoms with E-state index in [2.05, 4.69) is 15.5 Å². The summed E-state index contributed by atoms with van der Waals surface area (Å²) >= 11 is 1.50. The third-order valence-electron chi connectivity index (χ3n) is 3.71. The van der Waals surface area contributed by atoms with Crippen LogP contribution in [0.4, 0.5) is 5.13 Å². The minimum Gasteiger partial charge on any atom is -0.493 e. The van der Waals surface area contributed by atoms with Gasteiger partial charge in [-0.1, -0.05) is 30.3 Å². The molecule has 1 aromatic heterocycles. The molecule has 0 aliphatic carbocycles. The number of benzene rings is 2.